The summed E-state index contributed by atoms with van der Waals surface area (Å²) in [6.07, 6.45) is 0. The fourth-order valence-corrected chi connectivity index (χ4v) is 2.95. The Bertz CT molecular complexity index is 792. The Labute approximate surface area is 139 Å². The van der Waals surface area contributed by atoms with Gasteiger partial charge in [0.15, 0.2) is 5.82 Å². The van der Waals surface area contributed by atoms with Gasteiger partial charge in [0, 0.05) is 14.5 Å². The van der Waals surface area contributed by atoms with E-state index in [1.807, 2.05) is 30.3 Å². The molecule has 0 saturated heterocycles. The minimum atomic E-state index is 0.506. The van der Waals surface area contributed by atoms with Crippen molar-refractivity contribution in [3.05, 3.63) is 57.0 Å². The number of hydrogen-bond acceptors (Lipinski definition) is 2. The lowest BCUT2D eigenvalue weighted by Crippen LogP contribution is -1.90. The molecule has 0 radical (unpaired) electrons. The summed E-state index contributed by atoms with van der Waals surface area (Å²) in [6.45, 7) is 2.07. The van der Waals surface area contributed by atoms with Crippen LogP contribution in [0.2, 0.25) is 0 Å². The maximum absolute atomic E-state index is 6.07. The number of H-pyrrole nitrogens is 1. The molecule has 0 amide bonds. The van der Waals surface area contributed by atoms with Crippen molar-refractivity contribution in [2.75, 3.05) is 5.73 Å². The predicted molar refractivity (Wildman–Crippen MR) is 94.0 cm³/mol. The summed E-state index contributed by atoms with van der Waals surface area (Å²) in [5, 5.41) is 7.25. The standard InChI is InChI=1S/C16H13Br2N3/c1-9-2-5-12(18)8-13(9)15-14(16(19)21-20-15)10-3-6-11(17)7-4-10/h2-8H,1H3,(H3,19,20,21). The number of hydrogen-bond donors (Lipinski definition) is 2. The smallest absolute Gasteiger partial charge is 0.153 e. The Kier molecular flexibility index (Phi) is 3.87. The molecule has 0 saturated carbocycles. The molecule has 3 rings (SSSR count). The Hall–Kier alpha value is -1.59. The van der Waals surface area contributed by atoms with Crippen molar-refractivity contribution in [1.29, 1.82) is 0 Å². The number of rotatable bonds is 2. The number of nitrogen functional groups attached to an aromatic ring is 1. The van der Waals surface area contributed by atoms with Crippen LogP contribution in [-0.4, -0.2) is 10.2 Å². The monoisotopic (exact) mass is 405 g/mol. The summed E-state index contributed by atoms with van der Waals surface area (Å²) < 4.78 is 2.06. The van der Waals surface area contributed by atoms with E-state index in [1.165, 1.54) is 5.56 Å². The minimum Gasteiger partial charge on any atom is -0.382 e. The molecular formula is C16H13Br2N3. The molecule has 0 unspecified atom stereocenters. The molecule has 1 aromatic heterocycles. The zero-order valence-corrected chi connectivity index (χ0v) is 14.5. The van der Waals surface area contributed by atoms with Crippen LogP contribution in [0.4, 0.5) is 5.82 Å². The van der Waals surface area contributed by atoms with Crippen LogP contribution in [-0.2, 0) is 0 Å². The first-order valence-electron chi connectivity index (χ1n) is 6.42. The van der Waals surface area contributed by atoms with Crippen LogP contribution in [0.3, 0.4) is 0 Å². The quantitative estimate of drug-likeness (QED) is 0.617. The first-order chi connectivity index (χ1) is 10.1. The molecule has 0 fully saturated rings. The highest BCUT2D eigenvalue weighted by Gasteiger charge is 2.16. The van der Waals surface area contributed by atoms with Crippen LogP contribution < -0.4 is 5.73 Å². The molecule has 2 aromatic carbocycles. The molecule has 3 aromatic rings. The summed E-state index contributed by atoms with van der Waals surface area (Å²) in [7, 11) is 0. The van der Waals surface area contributed by atoms with Gasteiger partial charge in [-0.3, -0.25) is 5.10 Å². The van der Waals surface area contributed by atoms with Gasteiger partial charge in [-0.2, -0.15) is 5.10 Å². The largest absolute Gasteiger partial charge is 0.382 e. The van der Waals surface area contributed by atoms with Crippen molar-refractivity contribution in [3.8, 4) is 22.4 Å². The maximum Gasteiger partial charge on any atom is 0.153 e. The van der Waals surface area contributed by atoms with E-state index in [-0.39, 0.29) is 0 Å². The lowest BCUT2D eigenvalue weighted by Gasteiger charge is -2.08. The van der Waals surface area contributed by atoms with Gasteiger partial charge in [0.25, 0.3) is 0 Å². The number of halogens is 2. The molecule has 1 heterocycles. The van der Waals surface area contributed by atoms with Crippen LogP contribution in [0, 0.1) is 6.92 Å². The van der Waals surface area contributed by atoms with Crippen LogP contribution in [0.25, 0.3) is 22.4 Å². The first kappa shape index (κ1) is 14.4. The Balaban J connectivity index is 2.21. The average molecular weight is 407 g/mol. The number of aryl methyl sites for hydroxylation is 1. The zero-order chi connectivity index (χ0) is 15.0. The van der Waals surface area contributed by atoms with Crippen molar-refractivity contribution >= 4 is 37.7 Å². The highest BCUT2D eigenvalue weighted by atomic mass is 79.9. The second kappa shape index (κ2) is 5.66. The molecule has 0 aliphatic rings. The average Bonchev–Trinajstić information content (AvgIpc) is 2.84. The molecule has 0 spiro atoms. The Morgan fingerprint density at radius 2 is 1.67 bits per heavy atom. The van der Waals surface area contributed by atoms with Gasteiger partial charge >= 0.3 is 0 Å². The normalized spacial score (nSPS) is 10.8. The number of aromatic amines is 1. The zero-order valence-electron chi connectivity index (χ0n) is 11.3. The highest BCUT2D eigenvalue weighted by molar-refractivity contribution is 9.10. The van der Waals surface area contributed by atoms with Crippen LogP contribution >= 0.6 is 31.9 Å². The number of benzene rings is 2. The first-order valence-corrected chi connectivity index (χ1v) is 8.01. The third-order valence-electron chi connectivity index (χ3n) is 3.40. The third-order valence-corrected chi connectivity index (χ3v) is 4.42. The van der Waals surface area contributed by atoms with Crippen molar-refractivity contribution in [2.45, 2.75) is 6.92 Å². The van der Waals surface area contributed by atoms with Crippen LogP contribution in [0.15, 0.2) is 51.4 Å². The van der Waals surface area contributed by atoms with Crippen molar-refractivity contribution in [2.24, 2.45) is 0 Å². The van der Waals surface area contributed by atoms with E-state index in [1.54, 1.807) is 0 Å². The van der Waals surface area contributed by atoms with E-state index in [2.05, 4.69) is 61.1 Å². The van der Waals surface area contributed by atoms with Gasteiger partial charge in [0.2, 0.25) is 0 Å². The molecule has 3 nitrogen and oxygen atoms in total. The van der Waals surface area contributed by atoms with E-state index in [9.17, 15) is 0 Å². The van der Waals surface area contributed by atoms with Gasteiger partial charge in [-0.05, 0) is 42.3 Å². The summed E-state index contributed by atoms with van der Waals surface area (Å²) in [4.78, 5) is 0. The van der Waals surface area contributed by atoms with Crippen molar-refractivity contribution < 1.29 is 0 Å². The molecule has 0 aliphatic carbocycles. The third kappa shape index (κ3) is 2.76. The molecule has 0 bridgehead atoms. The number of anilines is 1. The van der Waals surface area contributed by atoms with Gasteiger partial charge in [0.1, 0.15) is 0 Å². The van der Waals surface area contributed by atoms with Gasteiger partial charge in [-0.1, -0.05) is 50.1 Å². The van der Waals surface area contributed by atoms with E-state index in [4.69, 9.17) is 5.73 Å². The predicted octanol–water partition coefficient (Wildman–Crippen LogP) is 5.16. The molecule has 0 aliphatic heterocycles. The second-order valence-corrected chi connectivity index (χ2v) is 6.66. The maximum atomic E-state index is 6.07. The molecule has 21 heavy (non-hydrogen) atoms. The molecule has 3 N–H and O–H groups in total. The molecule has 0 atom stereocenters. The van der Waals surface area contributed by atoms with E-state index < -0.39 is 0 Å². The fraction of sp³-hybridized carbons (Fsp3) is 0.0625. The van der Waals surface area contributed by atoms with E-state index >= 15 is 0 Å². The van der Waals surface area contributed by atoms with Gasteiger partial charge < -0.3 is 5.73 Å². The summed E-state index contributed by atoms with van der Waals surface area (Å²) >= 11 is 6.97. The molecule has 106 valence electrons. The van der Waals surface area contributed by atoms with Gasteiger partial charge in [0.05, 0.1) is 11.3 Å². The lowest BCUT2D eigenvalue weighted by atomic mass is 9.98. The minimum absolute atomic E-state index is 0.506. The SMILES string of the molecule is Cc1ccc(Br)cc1-c1[nH]nc(N)c1-c1ccc(Br)cc1. The number of nitrogens with zero attached hydrogens (tertiary/aromatic N) is 1. The topological polar surface area (TPSA) is 54.7 Å². The van der Waals surface area contributed by atoms with E-state index in [0.717, 1.165) is 31.3 Å². The number of aromatic nitrogens is 2. The summed E-state index contributed by atoms with van der Waals surface area (Å²) in [5.74, 6) is 0.506. The Morgan fingerprint density at radius 3 is 2.38 bits per heavy atom. The number of nitrogens with two attached hydrogens (primary N) is 1. The lowest BCUT2D eigenvalue weighted by molar-refractivity contribution is 1.10. The van der Waals surface area contributed by atoms with Crippen molar-refractivity contribution in [3.63, 3.8) is 0 Å². The number of nitrogens with one attached hydrogen (secondary N) is 1. The van der Waals surface area contributed by atoms with Gasteiger partial charge in [-0.25, -0.2) is 0 Å². The van der Waals surface area contributed by atoms with Gasteiger partial charge in [-0.15, -0.1) is 0 Å². The molecule has 5 heteroatoms. The van der Waals surface area contributed by atoms with Crippen LogP contribution in [0.5, 0.6) is 0 Å². The molecular weight excluding hydrogens is 394 g/mol. The Morgan fingerprint density at radius 1 is 1.00 bits per heavy atom. The van der Waals surface area contributed by atoms with Crippen LogP contribution in [0.1, 0.15) is 5.56 Å². The van der Waals surface area contributed by atoms with E-state index in [0.29, 0.717) is 5.82 Å². The highest BCUT2D eigenvalue weighted by Crippen LogP contribution is 2.37. The summed E-state index contributed by atoms with van der Waals surface area (Å²) in [6, 6.07) is 14.2. The van der Waals surface area contributed by atoms with Crippen molar-refractivity contribution in [1.82, 2.24) is 10.2 Å². The second-order valence-electron chi connectivity index (χ2n) is 4.82. The summed E-state index contributed by atoms with van der Waals surface area (Å²) in [5.41, 5.74) is 11.2. The fourth-order valence-electron chi connectivity index (χ4n) is 2.32.